The van der Waals surface area contributed by atoms with Gasteiger partial charge in [0.05, 0.1) is 5.56 Å². The molecule has 2 heterocycles. The Kier molecular flexibility index (Phi) is 4.87. The number of halogens is 1. The number of carbonyl (C=O) groups is 2. The average molecular weight is 383 g/mol. The van der Waals surface area contributed by atoms with E-state index in [1.165, 1.54) is 6.07 Å². The van der Waals surface area contributed by atoms with Crippen LogP contribution in [0, 0.1) is 0 Å². The van der Waals surface area contributed by atoms with Crippen LogP contribution in [0.1, 0.15) is 23.2 Å². The van der Waals surface area contributed by atoms with Crippen LogP contribution in [0.2, 0.25) is 0 Å². The third-order valence-corrected chi connectivity index (χ3v) is 4.77. The van der Waals surface area contributed by atoms with Gasteiger partial charge in [0.1, 0.15) is 11.9 Å². The Bertz CT molecular complexity index is 608. The number of phenols is 1. The highest BCUT2D eigenvalue weighted by Crippen LogP contribution is 2.24. The number of hydrogen-bond acceptors (Lipinski definition) is 4. The summed E-state index contributed by atoms with van der Waals surface area (Å²) in [6, 6.07) is 4.79. The molecule has 7 heteroatoms. The molecule has 0 spiro atoms. The lowest BCUT2D eigenvalue weighted by atomic mass is 10.1. The van der Waals surface area contributed by atoms with E-state index in [4.69, 9.17) is 4.74 Å². The van der Waals surface area contributed by atoms with E-state index in [1.54, 1.807) is 21.9 Å². The van der Waals surface area contributed by atoms with Gasteiger partial charge in [-0.3, -0.25) is 9.59 Å². The molecule has 2 fully saturated rings. The normalized spacial score (nSPS) is 21.5. The SMILES string of the molecule is O=C(c1cc(Br)ccc1O)N1CCN(C(=O)C2CCCO2)CC1. The number of carbonyl (C=O) groups excluding carboxylic acids is 2. The minimum absolute atomic E-state index is 0.0277. The summed E-state index contributed by atoms with van der Waals surface area (Å²) in [5.41, 5.74) is 0.276. The van der Waals surface area contributed by atoms with Crippen molar-refractivity contribution in [3.63, 3.8) is 0 Å². The lowest BCUT2D eigenvalue weighted by Gasteiger charge is -2.35. The fourth-order valence-corrected chi connectivity index (χ4v) is 3.32. The van der Waals surface area contributed by atoms with Gasteiger partial charge in [0.25, 0.3) is 11.8 Å². The summed E-state index contributed by atoms with van der Waals surface area (Å²) in [6.45, 7) is 2.57. The van der Waals surface area contributed by atoms with Crippen molar-refractivity contribution in [1.82, 2.24) is 9.80 Å². The van der Waals surface area contributed by atoms with Crippen molar-refractivity contribution in [2.75, 3.05) is 32.8 Å². The predicted octanol–water partition coefficient (Wildman–Crippen LogP) is 1.62. The summed E-state index contributed by atoms with van der Waals surface area (Å²) in [7, 11) is 0. The Morgan fingerprint density at radius 2 is 1.87 bits per heavy atom. The Balaban J connectivity index is 1.61. The van der Waals surface area contributed by atoms with Crippen molar-refractivity contribution in [2.45, 2.75) is 18.9 Å². The number of piperazine rings is 1. The summed E-state index contributed by atoms with van der Waals surface area (Å²) < 4.78 is 6.17. The van der Waals surface area contributed by atoms with E-state index in [-0.39, 0.29) is 29.2 Å². The summed E-state index contributed by atoms with van der Waals surface area (Å²) in [6.07, 6.45) is 1.40. The van der Waals surface area contributed by atoms with Crippen LogP contribution in [0.15, 0.2) is 22.7 Å². The maximum absolute atomic E-state index is 12.5. The molecule has 0 saturated carbocycles. The second-order valence-electron chi connectivity index (χ2n) is 5.78. The Labute approximate surface area is 143 Å². The quantitative estimate of drug-likeness (QED) is 0.843. The Morgan fingerprint density at radius 1 is 1.17 bits per heavy atom. The van der Waals surface area contributed by atoms with Gasteiger partial charge in [-0.1, -0.05) is 15.9 Å². The third kappa shape index (κ3) is 3.50. The highest BCUT2D eigenvalue weighted by molar-refractivity contribution is 9.10. The molecule has 3 rings (SSSR count). The molecule has 2 saturated heterocycles. The van der Waals surface area contributed by atoms with Crippen molar-refractivity contribution in [3.05, 3.63) is 28.2 Å². The number of benzene rings is 1. The molecule has 23 heavy (non-hydrogen) atoms. The highest BCUT2D eigenvalue weighted by Gasteiger charge is 2.31. The first-order valence-corrected chi connectivity index (χ1v) is 8.54. The van der Waals surface area contributed by atoms with Crippen LogP contribution in [0.5, 0.6) is 5.75 Å². The molecular weight excluding hydrogens is 364 g/mol. The molecule has 1 unspecified atom stereocenters. The van der Waals surface area contributed by atoms with Crippen molar-refractivity contribution in [2.24, 2.45) is 0 Å². The van der Waals surface area contributed by atoms with Gasteiger partial charge in [0.2, 0.25) is 0 Å². The molecule has 0 bridgehead atoms. The van der Waals surface area contributed by atoms with Gasteiger partial charge in [-0.2, -0.15) is 0 Å². The number of nitrogens with zero attached hydrogens (tertiary/aromatic N) is 2. The first kappa shape index (κ1) is 16.3. The van der Waals surface area contributed by atoms with E-state index in [9.17, 15) is 14.7 Å². The highest BCUT2D eigenvalue weighted by atomic mass is 79.9. The van der Waals surface area contributed by atoms with E-state index in [2.05, 4.69) is 15.9 Å². The number of phenolic OH excluding ortho intramolecular Hbond substituents is 1. The number of aromatic hydroxyl groups is 1. The average Bonchev–Trinajstić information content (AvgIpc) is 3.10. The molecule has 0 aliphatic carbocycles. The molecule has 1 N–H and O–H groups in total. The topological polar surface area (TPSA) is 70.1 Å². The van der Waals surface area contributed by atoms with E-state index in [1.807, 2.05) is 0 Å². The van der Waals surface area contributed by atoms with Crippen molar-refractivity contribution in [3.8, 4) is 5.75 Å². The second-order valence-corrected chi connectivity index (χ2v) is 6.70. The van der Waals surface area contributed by atoms with Crippen LogP contribution in [0.25, 0.3) is 0 Å². The zero-order chi connectivity index (χ0) is 16.4. The van der Waals surface area contributed by atoms with Gasteiger partial charge in [-0.25, -0.2) is 0 Å². The molecule has 2 amide bonds. The van der Waals surface area contributed by atoms with Gasteiger partial charge in [-0.05, 0) is 31.0 Å². The standard InChI is InChI=1S/C16H19BrN2O4/c17-11-3-4-13(20)12(10-11)15(21)18-5-7-19(8-6-18)16(22)14-2-1-9-23-14/h3-4,10,14,20H,1-2,5-9H2. The predicted molar refractivity (Wildman–Crippen MR) is 87.3 cm³/mol. The second kappa shape index (κ2) is 6.88. The summed E-state index contributed by atoms with van der Waals surface area (Å²) in [5, 5.41) is 9.87. The lowest BCUT2D eigenvalue weighted by Crippen LogP contribution is -2.52. The van der Waals surface area contributed by atoms with Gasteiger partial charge in [-0.15, -0.1) is 0 Å². The molecule has 0 aromatic heterocycles. The molecule has 124 valence electrons. The van der Waals surface area contributed by atoms with Crippen LogP contribution in [-0.4, -0.2) is 65.6 Å². The third-order valence-electron chi connectivity index (χ3n) is 4.27. The smallest absolute Gasteiger partial charge is 0.257 e. The Hall–Kier alpha value is -1.60. The van der Waals surface area contributed by atoms with E-state index < -0.39 is 0 Å². The largest absolute Gasteiger partial charge is 0.507 e. The summed E-state index contributed by atoms with van der Waals surface area (Å²) in [5.74, 6) is -0.219. The maximum Gasteiger partial charge on any atom is 0.257 e. The molecule has 0 radical (unpaired) electrons. The van der Waals surface area contributed by atoms with Crippen LogP contribution >= 0.6 is 15.9 Å². The van der Waals surface area contributed by atoms with Crippen LogP contribution in [-0.2, 0) is 9.53 Å². The number of amides is 2. The molecule has 2 aliphatic heterocycles. The van der Waals surface area contributed by atoms with Crippen LogP contribution < -0.4 is 0 Å². The summed E-state index contributed by atoms with van der Waals surface area (Å²) >= 11 is 3.31. The summed E-state index contributed by atoms with van der Waals surface area (Å²) in [4.78, 5) is 28.3. The monoisotopic (exact) mass is 382 g/mol. The maximum atomic E-state index is 12.5. The fraction of sp³-hybridized carbons (Fsp3) is 0.500. The van der Waals surface area contributed by atoms with E-state index >= 15 is 0 Å². The van der Waals surface area contributed by atoms with Crippen molar-refractivity contribution in [1.29, 1.82) is 0 Å². The van der Waals surface area contributed by atoms with Crippen molar-refractivity contribution >= 4 is 27.7 Å². The zero-order valence-corrected chi connectivity index (χ0v) is 14.3. The molecule has 2 aliphatic rings. The van der Waals surface area contributed by atoms with Crippen molar-refractivity contribution < 1.29 is 19.4 Å². The van der Waals surface area contributed by atoms with E-state index in [0.717, 1.165) is 17.3 Å². The molecule has 1 aromatic carbocycles. The van der Waals surface area contributed by atoms with Gasteiger partial charge in [0.15, 0.2) is 0 Å². The zero-order valence-electron chi connectivity index (χ0n) is 12.7. The first-order valence-electron chi connectivity index (χ1n) is 7.74. The minimum atomic E-state index is -0.314. The van der Waals surface area contributed by atoms with Crippen LogP contribution in [0.3, 0.4) is 0 Å². The van der Waals surface area contributed by atoms with Gasteiger partial charge < -0.3 is 19.6 Å². The molecule has 1 atom stereocenters. The van der Waals surface area contributed by atoms with Gasteiger partial charge in [0, 0.05) is 37.3 Å². The Morgan fingerprint density at radius 3 is 2.52 bits per heavy atom. The molecular formula is C16H19BrN2O4. The van der Waals surface area contributed by atoms with Gasteiger partial charge >= 0.3 is 0 Å². The van der Waals surface area contributed by atoms with Crippen LogP contribution in [0.4, 0.5) is 0 Å². The molecule has 6 nitrogen and oxygen atoms in total. The number of ether oxygens (including phenoxy) is 1. The van der Waals surface area contributed by atoms with E-state index in [0.29, 0.717) is 32.8 Å². The number of rotatable bonds is 2. The number of hydrogen-bond donors (Lipinski definition) is 1. The fourth-order valence-electron chi connectivity index (χ4n) is 2.96. The lowest BCUT2D eigenvalue weighted by molar-refractivity contribution is -0.142. The minimum Gasteiger partial charge on any atom is -0.507 e. The first-order chi connectivity index (χ1) is 11.1. The molecule has 1 aromatic rings.